The van der Waals surface area contributed by atoms with E-state index in [1.54, 1.807) is 6.92 Å². The molecule has 0 saturated heterocycles. The summed E-state index contributed by atoms with van der Waals surface area (Å²) in [5.74, 6) is -1.02. The van der Waals surface area contributed by atoms with Crippen LogP contribution >= 0.6 is 0 Å². The molecule has 5 nitrogen and oxygen atoms in total. The average Bonchev–Trinajstić information content (AvgIpc) is 1.98. The van der Waals surface area contributed by atoms with E-state index in [0.29, 0.717) is 18.6 Å². The summed E-state index contributed by atoms with van der Waals surface area (Å²) in [4.78, 5) is 10.3. The van der Waals surface area contributed by atoms with E-state index in [-0.39, 0.29) is 6.04 Å². The van der Waals surface area contributed by atoms with Crippen molar-refractivity contribution >= 4 is 11.7 Å². The summed E-state index contributed by atoms with van der Waals surface area (Å²) in [6.07, 6.45) is 0.759. The summed E-state index contributed by atoms with van der Waals surface area (Å²) in [5.41, 5.74) is 11.1. The zero-order chi connectivity index (χ0) is 9.72. The summed E-state index contributed by atoms with van der Waals surface area (Å²) >= 11 is 0. The van der Waals surface area contributed by atoms with Gasteiger partial charge in [-0.2, -0.15) is 0 Å². The molecular formula is C7H15N3O2. The second kappa shape index (κ2) is 4.84. The van der Waals surface area contributed by atoms with Gasteiger partial charge in [0.2, 0.25) is 0 Å². The molecule has 0 aromatic carbocycles. The van der Waals surface area contributed by atoms with Crippen molar-refractivity contribution < 1.29 is 9.90 Å². The first-order valence-electron chi connectivity index (χ1n) is 3.74. The number of hydrogen-bond acceptors (Lipinski definition) is 4. The lowest BCUT2D eigenvalue weighted by atomic mass is 10.0. The normalized spacial score (nSPS) is 15.2. The van der Waals surface area contributed by atoms with Gasteiger partial charge in [-0.1, -0.05) is 0 Å². The molecule has 12 heavy (non-hydrogen) atoms. The summed E-state index contributed by atoms with van der Waals surface area (Å²) < 4.78 is 0. The van der Waals surface area contributed by atoms with Crippen LogP contribution in [-0.2, 0) is 4.79 Å². The molecule has 0 aromatic heterocycles. The predicted molar refractivity (Wildman–Crippen MR) is 46.2 cm³/mol. The van der Waals surface area contributed by atoms with E-state index in [4.69, 9.17) is 22.0 Å². The molecule has 0 aromatic rings. The molecule has 5 heteroatoms. The number of hydrogen-bond donors (Lipinski definition) is 4. The van der Waals surface area contributed by atoms with Crippen molar-refractivity contribution in [3.8, 4) is 0 Å². The van der Waals surface area contributed by atoms with Gasteiger partial charge in [0, 0.05) is 11.8 Å². The van der Waals surface area contributed by atoms with E-state index in [0.717, 1.165) is 0 Å². The zero-order valence-corrected chi connectivity index (χ0v) is 7.08. The molecule has 0 heterocycles. The molecule has 0 rings (SSSR count). The minimum Gasteiger partial charge on any atom is -0.480 e. The lowest BCUT2D eigenvalue weighted by Crippen LogP contribution is -2.34. The van der Waals surface area contributed by atoms with Crippen LogP contribution in [0.4, 0.5) is 0 Å². The molecule has 1 unspecified atom stereocenters. The van der Waals surface area contributed by atoms with E-state index >= 15 is 0 Å². The predicted octanol–water partition coefficient (Wildman–Crippen LogP) is -0.455. The lowest BCUT2D eigenvalue weighted by Gasteiger charge is -2.11. The van der Waals surface area contributed by atoms with Gasteiger partial charge in [-0.25, -0.2) is 0 Å². The third kappa shape index (κ3) is 4.05. The van der Waals surface area contributed by atoms with Crippen molar-refractivity contribution in [3.05, 3.63) is 0 Å². The molecule has 70 valence electrons. The zero-order valence-electron chi connectivity index (χ0n) is 7.08. The number of carboxylic acids is 1. The van der Waals surface area contributed by atoms with E-state index in [9.17, 15) is 4.79 Å². The number of carbonyl (C=O) groups is 1. The molecule has 0 spiro atoms. The Kier molecular flexibility index (Phi) is 4.46. The molecule has 0 saturated carbocycles. The first-order valence-corrected chi connectivity index (χ1v) is 3.74. The van der Waals surface area contributed by atoms with Gasteiger partial charge in [-0.05, 0) is 19.8 Å². The van der Waals surface area contributed by atoms with Gasteiger partial charge in [0.1, 0.15) is 6.04 Å². The number of rotatable bonds is 5. The van der Waals surface area contributed by atoms with Gasteiger partial charge < -0.3 is 22.0 Å². The molecule has 0 aliphatic rings. The van der Waals surface area contributed by atoms with Crippen molar-refractivity contribution in [2.45, 2.75) is 31.8 Å². The fraction of sp³-hybridized carbons (Fsp3) is 0.714. The van der Waals surface area contributed by atoms with Gasteiger partial charge in [0.25, 0.3) is 0 Å². The SMILES string of the molecule is CC(=N)C(N)CC[C@@H](N)C(=O)O. The first-order chi connectivity index (χ1) is 5.45. The van der Waals surface area contributed by atoms with Crippen LogP contribution in [-0.4, -0.2) is 28.9 Å². The average molecular weight is 173 g/mol. The Balaban J connectivity index is 3.68. The topological polar surface area (TPSA) is 113 Å². The van der Waals surface area contributed by atoms with Gasteiger partial charge in [-0.15, -0.1) is 0 Å². The maximum Gasteiger partial charge on any atom is 0.320 e. The number of aliphatic carboxylic acids is 1. The number of nitrogens with one attached hydrogen (secondary N) is 1. The first kappa shape index (κ1) is 11.1. The van der Waals surface area contributed by atoms with Crippen molar-refractivity contribution in [1.29, 1.82) is 5.41 Å². The summed E-state index contributed by atoms with van der Waals surface area (Å²) in [6.45, 7) is 1.59. The maximum atomic E-state index is 10.3. The highest BCUT2D eigenvalue weighted by atomic mass is 16.4. The highest BCUT2D eigenvalue weighted by Crippen LogP contribution is 1.99. The second-order valence-electron chi connectivity index (χ2n) is 2.81. The Morgan fingerprint density at radius 1 is 1.42 bits per heavy atom. The lowest BCUT2D eigenvalue weighted by molar-refractivity contribution is -0.138. The molecule has 0 aliphatic carbocycles. The van der Waals surface area contributed by atoms with Crippen LogP contribution in [0.1, 0.15) is 19.8 Å². The van der Waals surface area contributed by atoms with E-state index < -0.39 is 12.0 Å². The summed E-state index contributed by atoms with van der Waals surface area (Å²) in [7, 11) is 0. The van der Waals surface area contributed by atoms with Crippen LogP contribution in [0.3, 0.4) is 0 Å². The molecule has 0 radical (unpaired) electrons. The van der Waals surface area contributed by atoms with Crippen molar-refractivity contribution in [2.24, 2.45) is 11.5 Å². The van der Waals surface area contributed by atoms with Crippen LogP contribution in [0.15, 0.2) is 0 Å². The molecule has 2 atom stereocenters. The van der Waals surface area contributed by atoms with Crippen LogP contribution < -0.4 is 11.5 Å². The third-order valence-corrected chi connectivity index (χ3v) is 1.66. The standard InChI is InChI=1S/C7H15N3O2/c1-4(8)5(9)2-3-6(10)7(11)12/h5-6,8H,2-3,9-10H2,1H3,(H,11,12)/t5?,6-/m1/s1. The van der Waals surface area contributed by atoms with Crippen LogP contribution in [0.2, 0.25) is 0 Å². The molecule has 0 aliphatic heterocycles. The van der Waals surface area contributed by atoms with Gasteiger partial charge in [0.05, 0.1) is 0 Å². The molecule has 0 fully saturated rings. The molecule has 0 bridgehead atoms. The largest absolute Gasteiger partial charge is 0.480 e. The van der Waals surface area contributed by atoms with Crippen molar-refractivity contribution in [1.82, 2.24) is 0 Å². The quantitative estimate of drug-likeness (QED) is 0.421. The Morgan fingerprint density at radius 2 is 1.83 bits per heavy atom. The fourth-order valence-electron chi connectivity index (χ4n) is 0.699. The monoisotopic (exact) mass is 173 g/mol. The van der Waals surface area contributed by atoms with Crippen molar-refractivity contribution in [3.63, 3.8) is 0 Å². The van der Waals surface area contributed by atoms with Gasteiger partial charge >= 0.3 is 5.97 Å². The van der Waals surface area contributed by atoms with Crippen molar-refractivity contribution in [2.75, 3.05) is 0 Å². The van der Waals surface area contributed by atoms with Crippen LogP contribution in [0.5, 0.6) is 0 Å². The summed E-state index contributed by atoms with van der Waals surface area (Å²) in [6, 6.07) is -1.23. The highest BCUT2D eigenvalue weighted by molar-refractivity contribution is 5.84. The summed E-state index contributed by atoms with van der Waals surface area (Å²) in [5, 5.41) is 15.6. The van der Waals surface area contributed by atoms with Gasteiger partial charge in [-0.3, -0.25) is 4.79 Å². The third-order valence-electron chi connectivity index (χ3n) is 1.66. The number of nitrogens with two attached hydrogens (primary N) is 2. The van der Waals surface area contributed by atoms with E-state index in [1.807, 2.05) is 0 Å². The number of carboxylic acid groups (broad SMARTS) is 1. The van der Waals surface area contributed by atoms with E-state index in [2.05, 4.69) is 0 Å². The van der Waals surface area contributed by atoms with E-state index in [1.165, 1.54) is 0 Å². The smallest absolute Gasteiger partial charge is 0.320 e. The highest BCUT2D eigenvalue weighted by Gasteiger charge is 2.13. The molecule has 6 N–H and O–H groups in total. The van der Waals surface area contributed by atoms with Crippen LogP contribution in [0.25, 0.3) is 0 Å². The Bertz CT molecular complexity index is 161. The Labute approximate surface area is 71.2 Å². The maximum absolute atomic E-state index is 10.3. The van der Waals surface area contributed by atoms with Gasteiger partial charge in [0.15, 0.2) is 0 Å². The van der Waals surface area contributed by atoms with Crippen LogP contribution in [0, 0.1) is 5.41 Å². The molecular weight excluding hydrogens is 158 g/mol. The minimum absolute atomic E-state index is 0.312. The Morgan fingerprint density at radius 3 is 2.17 bits per heavy atom. The fourth-order valence-corrected chi connectivity index (χ4v) is 0.699. The second-order valence-corrected chi connectivity index (χ2v) is 2.81. The molecule has 0 amide bonds. The Hall–Kier alpha value is -0.940. The minimum atomic E-state index is -1.02.